The van der Waals surface area contributed by atoms with Crippen molar-refractivity contribution in [2.24, 2.45) is 0 Å². The summed E-state index contributed by atoms with van der Waals surface area (Å²) in [6, 6.07) is 1.62. The Morgan fingerprint density at radius 2 is 2.21 bits per heavy atom. The molecule has 1 heterocycles. The lowest BCUT2D eigenvalue weighted by Crippen LogP contribution is -2.32. The molecular weight excluding hydrogens is 180 g/mol. The third-order valence-electron chi connectivity index (χ3n) is 2.13. The van der Waals surface area contributed by atoms with Crippen LogP contribution in [0, 0.1) is 0 Å². The molecule has 0 aromatic carbocycles. The zero-order valence-corrected chi connectivity index (χ0v) is 8.56. The summed E-state index contributed by atoms with van der Waals surface area (Å²) in [5, 5.41) is 9.40. The molecule has 1 aromatic heterocycles. The lowest BCUT2D eigenvalue weighted by Gasteiger charge is -2.21. The average molecular weight is 194 g/mol. The van der Waals surface area contributed by atoms with E-state index in [1.807, 2.05) is 13.8 Å². The molecule has 0 spiro atoms. The van der Waals surface area contributed by atoms with Crippen LogP contribution < -0.4 is 0 Å². The molecule has 0 saturated carbocycles. The predicted molar refractivity (Wildman–Crippen MR) is 53.1 cm³/mol. The Labute approximate surface area is 83.2 Å². The predicted octanol–water partition coefficient (Wildman–Crippen LogP) is 1.27. The molecule has 4 nitrogen and oxygen atoms in total. The van der Waals surface area contributed by atoms with Gasteiger partial charge in [0.1, 0.15) is 5.75 Å². The highest BCUT2D eigenvalue weighted by molar-refractivity contribution is 5.96. The van der Waals surface area contributed by atoms with Gasteiger partial charge in [0.2, 0.25) is 0 Å². The average Bonchev–Trinajstić information content (AvgIpc) is 2.16. The fraction of sp³-hybridized carbons (Fsp3) is 0.400. The van der Waals surface area contributed by atoms with Gasteiger partial charge in [-0.05, 0) is 19.9 Å². The van der Waals surface area contributed by atoms with Crippen molar-refractivity contribution in [1.29, 1.82) is 0 Å². The van der Waals surface area contributed by atoms with Crippen LogP contribution in [0.5, 0.6) is 5.75 Å². The lowest BCUT2D eigenvalue weighted by molar-refractivity contribution is 0.0752. The Morgan fingerprint density at radius 3 is 2.71 bits per heavy atom. The van der Waals surface area contributed by atoms with E-state index in [9.17, 15) is 9.90 Å². The molecule has 14 heavy (non-hydrogen) atoms. The number of carbonyl (C=O) groups is 1. The highest BCUT2D eigenvalue weighted by Gasteiger charge is 2.17. The molecule has 1 N–H and O–H groups in total. The number of amides is 1. The second-order valence-electron chi connectivity index (χ2n) is 3.40. The highest BCUT2D eigenvalue weighted by Crippen LogP contribution is 2.16. The van der Waals surface area contributed by atoms with Crippen LogP contribution >= 0.6 is 0 Å². The van der Waals surface area contributed by atoms with E-state index in [1.165, 1.54) is 18.5 Å². The van der Waals surface area contributed by atoms with Gasteiger partial charge in [0.25, 0.3) is 5.91 Å². The lowest BCUT2D eigenvalue weighted by atomic mass is 10.2. The van der Waals surface area contributed by atoms with E-state index in [4.69, 9.17) is 0 Å². The van der Waals surface area contributed by atoms with Crippen LogP contribution in [0.2, 0.25) is 0 Å². The van der Waals surface area contributed by atoms with Gasteiger partial charge in [0.05, 0.1) is 11.8 Å². The maximum atomic E-state index is 11.7. The first kappa shape index (κ1) is 10.5. The van der Waals surface area contributed by atoms with Crippen LogP contribution in [0.3, 0.4) is 0 Å². The molecule has 0 aliphatic carbocycles. The number of hydrogen-bond acceptors (Lipinski definition) is 3. The molecule has 0 aliphatic rings. The van der Waals surface area contributed by atoms with Gasteiger partial charge in [-0.1, -0.05) is 0 Å². The van der Waals surface area contributed by atoms with E-state index in [1.54, 1.807) is 11.9 Å². The monoisotopic (exact) mass is 194 g/mol. The van der Waals surface area contributed by atoms with Gasteiger partial charge in [-0.3, -0.25) is 9.78 Å². The highest BCUT2D eigenvalue weighted by atomic mass is 16.3. The Hall–Kier alpha value is -1.58. The molecule has 0 bridgehead atoms. The second kappa shape index (κ2) is 4.09. The van der Waals surface area contributed by atoms with Crippen LogP contribution in [0.25, 0.3) is 0 Å². The van der Waals surface area contributed by atoms with E-state index in [0.717, 1.165) is 0 Å². The molecule has 0 unspecified atom stereocenters. The standard InChI is InChI=1S/C10H14N2O2/c1-7(2)12(3)10(14)8-4-5-11-6-9(8)13/h4-7,13H,1-3H3. The zero-order valence-electron chi connectivity index (χ0n) is 8.56. The summed E-state index contributed by atoms with van der Waals surface area (Å²) in [7, 11) is 1.70. The molecule has 1 amide bonds. The number of carbonyl (C=O) groups excluding carboxylic acids is 1. The fourth-order valence-corrected chi connectivity index (χ4v) is 0.991. The summed E-state index contributed by atoms with van der Waals surface area (Å²) < 4.78 is 0. The smallest absolute Gasteiger partial charge is 0.257 e. The molecule has 1 aromatic rings. The normalized spacial score (nSPS) is 10.3. The van der Waals surface area contributed by atoms with Crippen molar-refractivity contribution in [3.8, 4) is 5.75 Å². The maximum Gasteiger partial charge on any atom is 0.257 e. The molecule has 4 heteroatoms. The van der Waals surface area contributed by atoms with Crippen molar-refractivity contribution in [2.45, 2.75) is 19.9 Å². The van der Waals surface area contributed by atoms with Crippen LogP contribution in [-0.4, -0.2) is 34.0 Å². The maximum absolute atomic E-state index is 11.7. The van der Waals surface area contributed by atoms with Gasteiger partial charge < -0.3 is 10.0 Å². The van der Waals surface area contributed by atoms with E-state index >= 15 is 0 Å². The Kier molecular flexibility index (Phi) is 3.06. The first-order valence-electron chi connectivity index (χ1n) is 4.44. The van der Waals surface area contributed by atoms with Crippen molar-refractivity contribution in [3.05, 3.63) is 24.0 Å². The summed E-state index contributed by atoms with van der Waals surface area (Å²) in [4.78, 5) is 17.0. The SMILES string of the molecule is CC(C)N(C)C(=O)c1ccncc1O. The van der Waals surface area contributed by atoms with Gasteiger partial charge in [-0.15, -0.1) is 0 Å². The van der Waals surface area contributed by atoms with Crippen LogP contribution in [0.1, 0.15) is 24.2 Å². The minimum atomic E-state index is -0.195. The number of rotatable bonds is 2. The summed E-state index contributed by atoms with van der Waals surface area (Å²) in [5.74, 6) is -0.273. The minimum absolute atomic E-state index is 0.0787. The molecule has 0 radical (unpaired) electrons. The van der Waals surface area contributed by atoms with Gasteiger partial charge in [-0.25, -0.2) is 0 Å². The first-order valence-corrected chi connectivity index (χ1v) is 4.44. The van der Waals surface area contributed by atoms with Crippen LogP contribution in [-0.2, 0) is 0 Å². The quantitative estimate of drug-likeness (QED) is 0.771. The van der Waals surface area contributed by atoms with Crippen molar-refractivity contribution in [3.63, 3.8) is 0 Å². The third-order valence-corrected chi connectivity index (χ3v) is 2.13. The Bertz CT molecular complexity index is 337. The van der Waals surface area contributed by atoms with Crippen LogP contribution in [0.4, 0.5) is 0 Å². The molecule has 0 fully saturated rings. The van der Waals surface area contributed by atoms with Crippen molar-refractivity contribution < 1.29 is 9.90 Å². The molecule has 1 rings (SSSR count). The summed E-state index contributed by atoms with van der Waals surface area (Å²) >= 11 is 0. The number of nitrogens with zero attached hydrogens (tertiary/aromatic N) is 2. The van der Waals surface area contributed by atoms with E-state index in [-0.39, 0.29) is 23.3 Å². The molecular formula is C10H14N2O2. The topological polar surface area (TPSA) is 53.4 Å². The van der Waals surface area contributed by atoms with E-state index in [2.05, 4.69) is 4.98 Å². The third kappa shape index (κ3) is 2.02. The molecule has 0 saturated heterocycles. The number of aromatic nitrogens is 1. The Morgan fingerprint density at radius 1 is 1.57 bits per heavy atom. The van der Waals surface area contributed by atoms with Crippen molar-refractivity contribution in [1.82, 2.24) is 9.88 Å². The second-order valence-corrected chi connectivity index (χ2v) is 3.40. The van der Waals surface area contributed by atoms with Gasteiger partial charge >= 0.3 is 0 Å². The summed E-state index contributed by atoms with van der Waals surface area (Å²) in [6.45, 7) is 3.83. The fourth-order valence-electron chi connectivity index (χ4n) is 0.991. The number of pyridine rings is 1. The number of aromatic hydroxyl groups is 1. The molecule has 0 aliphatic heterocycles. The summed E-state index contributed by atoms with van der Waals surface area (Å²) in [5.41, 5.74) is 0.288. The van der Waals surface area contributed by atoms with Gasteiger partial charge in [0, 0.05) is 19.3 Å². The zero-order chi connectivity index (χ0) is 10.7. The number of hydrogen-bond donors (Lipinski definition) is 1. The Balaban J connectivity index is 2.95. The van der Waals surface area contributed by atoms with Gasteiger partial charge in [-0.2, -0.15) is 0 Å². The van der Waals surface area contributed by atoms with Crippen molar-refractivity contribution in [2.75, 3.05) is 7.05 Å². The first-order chi connectivity index (χ1) is 6.54. The molecule has 0 atom stereocenters. The molecule has 76 valence electrons. The van der Waals surface area contributed by atoms with Gasteiger partial charge in [0.15, 0.2) is 0 Å². The van der Waals surface area contributed by atoms with Crippen LogP contribution in [0.15, 0.2) is 18.5 Å². The van der Waals surface area contributed by atoms with E-state index in [0.29, 0.717) is 0 Å². The largest absolute Gasteiger partial charge is 0.505 e. The van der Waals surface area contributed by atoms with E-state index < -0.39 is 0 Å². The summed E-state index contributed by atoms with van der Waals surface area (Å²) in [6.07, 6.45) is 2.75. The minimum Gasteiger partial charge on any atom is -0.505 e. The van der Waals surface area contributed by atoms with Crippen molar-refractivity contribution >= 4 is 5.91 Å².